The number of halogens is 1. The lowest BCUT2D eigenvalue weighted by atomic mass is 10.0. The standard InChI is InChI=1S/C30H48ClN7O7/c1-2-3-4-7-14-38(18-23(40)25(42)26(43)24(41)19-39)15-16-45-21-11-9-20(10-12-21)8-5-6-13-34-30(33)37-29(44)22-17-35-28(32)27(31)36-22/h9-12,17,23-26,39-43H,2-8,13-16,18-19H2,1H3,(H2,32,35)(H3,33,34,37,44). The highest BCUT2D eigenvalue weighted by molar-refractivity contribution is 6.31. The molecule has 0 saturated carbocycles. The predicted octanol–water partition coefficient (Wildman–Crippen LogP) is 0.477. The summed E-state index contributed by atoms with van der Waals surface area (Å²) in [5.41, 5.74) is 12.4. The Labute approximate surface area is 269 Å². The van der Waals surface area contributed by atoms with E-state index in [0.717, 1.165) is 50.5 Å². The minimum Gasteiger partial charge on any atom is -0.492 e. The first-order chi connectivity index (χ1) is 21.5. The molecular formula is C30H48ClN7O7. The quantitative estimate of drug-likeness (QED) is 0.0522. The number of carbonyl (C=O) groups is 1. The van der Waals surface area contributed by atoms with E-state index in [0.29, 0.717) is 32.0 Å². The van der Waals surface area contributed by atoms with Gasteiger partial charge in [-0.05, 0) is 49.9 Å². The van der Waals surface area contributed by atoms with E-state index in [9.17, 15) is 25.2 Å². The minimum absolute atomic E-state index is 0.0225. The molecule has 1 heterocycles. The number of aliphatic hydroxyl groups excluding tert-OH is 5. The molecule has 2 rings (SSSR count). The molecule has 4 atom stereocenters. The largest absolute Gasteiger partial charge is 0.492 e. The Morgan fingerprint density at radius 3 is 2.42 bits per heavy atom. The number of guanidine groups is 1. The van der Waals surface area contributed by atoms with Gasteiger partial charge in [0.2, 0.25) is 0 Å². The number of aliphatic imine (C=N–C) groups is 1. The number of benzene rings is 1. The summed E-state index contributed by atoms with van der Waals surface area (Å²) in [5.74, 6) is 0.116. The molecule has 0 aliphatic carbocycles. The van der Waals surface area contributed by atoms with Gasteiger partial charge in [0.15, 0.2) is 16.9 Å². The third-order valence-corrected chi connectivity index (χ3v) is 7.36. The zero-order valence-corrected chi connectivity index (χ0v) is 26.5. The molecule has 2 aromatic rings. The van der Waals surface area contributed by atoms with Crippen LogP contribution >= 0.6 is 11.6 Å². The molecule has 0 saturated heterocycles. The zero-order chi connectivity index (χ0) is 33.2. The Bertz CT molecular complexity index is 1180. The van der Waals surface area contributed by atoms with E-state index in [-0.39, 0.29) is 29.2 Å². The van der Waals surface area contributed by atoms with Crippen molar-refractivity contribution in [3.05, 3.63) is 46.9 Å². The second-order valence-electron chi connectivity index (χ2n) is 10.8. The average molecular weight is 654 g/mol. The van der Waals surface area contributed by atoms with Gasteiger partial charge < -0.3 is 41.7 Å². The summed E-state index contributed by atoms with van der Waals surface area (Å²) < 4.78 is 5.91. The molecule has 252 valence electrons. The molecule has 0 bridgehead atoms. The number of anilines is 1. The molecule has 4 unspecified atom stereocenters. The zero-order valence-electron chi connectivity index (χ0n) is 25.8. The van der Waals surface area contributed by atoms with E-state index in [1.807, 2.05) is 29.2 Å². The van der Waals surface area contributed by atoms with Gasteiger partial charge in [0.25, 0.3) is 5.91 Å². The van der Waals surface area contributed by atoms with Crippen LogP contribution in [0.25, 0.3) is 0 Å². The van der Waals surface area contributed by atoms with Gasteiger partial charge in [-0.3, -0.25) is 20.0 Å². The molecule has 14 nitrogen and oxygen atoms in total. The summed E-state index contributed by atoms with van der Waals surface area (Å²) in [5, 5.41) is 51.6. The van der Waals surface area contributed by atoms with Gasteiger partial charge >= 0.3 is 0 Å². The number of aryl methyl sites for hydroxylation is 1. The number of aliphatic hydroxyl groups is 5. The highest BCUT2D eigenvalue weighted by Gasteiger charge is 2.31. The monoisotopic (exact) mass is 653 g/mol. The number of amides is 1. The van der Waals surface area contributed by atoms with Crippen LogP contribution in [0.3, 0.4) is 0 Å². The maximum Gasteiger partial charge on any atom is 0.278 e. The van der Waals surface area contributed by atoms with Gasteiger partial charge in [-0.15, -0.1) is 0 Å². The van der Waals surface area contributed by atoms with Crippen LogP contribution in [0.5, 0.6) is 5.75 Å². The number of carbonyl (C=O) groups excluding carboxylic acids is 1. The van der Waals surface area contributed by atoms with Crippen molar-refractivity contribution in [2.24, 2.45) is 10.7 Å². The third kappa shape index (κ3) is 14.2. The maximum atomic E-state index is 12.2. The Morgan fingerprint density at radius 2 is 1.76 bits per heavy atom. The number of nitrogens with one attached hydrogen (secondary N) is 1. The summed E-state index contributed by atoms with van der Waals surface area (Å²) in [6.07, 6.45) is 1.67. The Hall–Kier alpha value is -3.11. The van der Waals surface area contributed by atoms with Gasteiger partial charge in [0.1, 0.15) is 36.4 Å². The van der Waals surface area contributed by atoms with E-state index in [1.165, 1.54) is 6.20 Å². The maximum absolute atomic E-state index is 12.2. The summed E-state index contributed by atoms with van der Waals surface area (Å²) in [7, 11) is 0. The number of aromatic nitrogens is 2. The van der Waals surface area contributed by atoms with Crippen molar-refractivity contribution in [2.75, 3.05) is 45.1 Å². The molecule has 0 spiro atoms. The number of unbranched alkanes of at least 4 members (excludes halogenated alkanes) is 4. The molecule has 0 fully saturated rings. The fourth-order valence-electron chi connectivity index (χ4n) is 4.38. The lowest BCUT2D eigenvalue weighted by molar-refractivity contribution is -0.119. The first kappa shape index (κ1) is 38.1. The number of ether oxygens (including phenoxy) is 1. The smallest absolute Gasteiger partial charge is 0.278 e. The van der Waals surface area contributed by atoms with Crippen LogP contribution in [0.2, 0.25) is 5.15 Å². The van der Waals surface area contributed by atoms with Crippen molar-refractivity contribution >= 4 is 29.3 Å². The van der Waals surface area contributed by atoms with Crippen LogP contribution < -0.4 is 21.5 Å². The van der Waals surface area contributed by atoms with Crippen molar-refractivity contribution in [1.29, 1.82) is 0 Å². The van der Waals surface area contributed by atoms with Crippen LogP contribution in [0.1, 0.15) is 61.5 Å². The second-order valence-corrected chi connectivity index (χ2v) is 11.1. The highest BCUT2D eigenvalue weighted by atomic mass is 35.5. The minimum atomic E-state index is -1.66. The van der Waals surface area contributed by atoms with Crippen LogP contribution in [0.15, 0.2) is 35.5 Å². The Balaban J connectivity index is 1.75. The number of nitrogens with two attached hydrogens (primary N) is 2. The Kier molecular flexibility index (Phi) is 17.6. The molecule has 0 aliphatic rings. The number of rotatable bonds is 21. The van der Waals surface area contributed by atoms with Crippen molar-refractivity contribution in [3.8, 4) is 5.75 Å². The predicted molar refractivity (Wildman–Crippen MR) is 172 cm³/mol. The topological polar surface area (TPSA) is 233 Å². The summed E-state index contributed by atoms with van der Waals surface area (Å²) >= 11 is 5.79. The molecule has 1 amide bonds. The molecule has 0 aliphatic heterocycles. The lowest BCUT2D eigenvalue weighted by Gasteiger charge is -2.30. The van der Waals surface area contributed by atoms with Crippen molar-refractivity contribution in [1.82, 2.24) is 20.2 Å². The normalized spacial score (nSPS) is 14.6. The van der Waals surface area contributed by atoms with Gasteiger partial charge in [0.05, 0.1) is 18.9 Å². The Morgan fingerprint density at radius 1 is 1.04 bits per heavy atom. The molecule has 15 heteroatoms. The van der Waals surface area contributed by atoms with E-state index in [4.69, 9.17) is 32.9 Å². The van der Waals surface area contributed by atoms with Crippen LogP contribution in [-0.2, 0) is 6.42 Å². The molecule has 1 aromatic heterocycles. The van der Waals surface area contributed by atoms with Crippen molar-refractivity contribution in [2.45, 2.75) is 76.3 Å². The van der Waals surface area contributed by atoms with Gasteiger partial charge in [0, 0.05) is 19.6 Å². The fourth-order valence-corrected chi connectivity index (χ4v) is 4.52. The van der Waals surface area contributed by atoms with E-state index >= 15 is 0 Å². The highest BCUT2D eigenvalue weighted by Crippen LogP contribution is 2.15. The molecule has 1 aromatic carbocycles. The van der Waals surface area contributed by atoms with Crippen molar-refractivity contribution < 1.29 is 35.1 Å². The van der Waals surface area contributed by atoms with Gasteiger partial charge in [-0.25, -0.2) is 9.97 Å². The van der Waals surface area contributed by atoms with Crippen LogP contribution in [0.4, 0.5) is 5.82 Å². The molecule has 0 radical (unpaired) electrons. The lowest BCUT2D eigenvalue weighted by Crippen LogP contribution is -2.50. The molecular weight excluding hydrogens is 606 g/mol. The molecule has 10 N–H and O–H groups in total. The van der Waals surface area contributed by atoms with E-state index in [2.05, 4.69) is 27.2 Å². The second kappa shape index (κ2) is 20.8. The molecule has 45 heavy (non-hydrogen) atoms. The SMILES string of the molecule is CCCCCCN(CCOc1ccc(CCCCN=C(N)NC(=O)c2cnc(N)c(Cl)n2)cc1)CC(O)C(O)C(O)C(O)CO. The van der Waals surface area contributed by atoms with Gasteiger partial charge in [-0.1, -0.05) is 49.9 Å². The van der Waals surface area contributed by atoms with E-state index in [1.54, 1.807) is 0 Å². The summed E-state index contributed by atoms with van der Waals surface area (Å²) in [6.45, 7) is 3.44. The third-order valence-electron chi connectivity index (χ3n) is 7.08. The summed E-state index contributed by atoms with van der Waals surface area (Å²) in [4.78, 5) is 25.9. The van der Waals surface area contributed by atoms with Gasteiger partial charge in [-0.2, -0.15) is 0 Å². The number of nitrogen functional groups attached to an aromatic ring is 1. The number of nitrogens with zero attached hydrogens (tertiary/aromatic N) is 4. The van der Waals surface area contributed by atoms with Crippen LogP contribution in [0, 0.1) is 0 Å². The number of hydrogen-bond donors (Lipinski definition) is 8. The van der Waals surface area contributed by atoms with E-state index < -0.39 is 36.9 Å². The summed E-state index contributed by atoms with van der Waals surface area (Å²) in [6, 6.07) is 7.76. The first-order valence-corrected chi connectivity index (χ1v) is 15.6. The fraction of sp³-hybridized carbons (Fsp3) is 0.600. The average Bonchev–Trinajstić information content (AvgIpc) is 3.03. The number of hydrogen-bond acceptors (Lipinski definition) is 12. The van der Waals surface area contributed by atoms with Crippen molar-refractivity contribution in [3.63, 3.8) is 0 Å². The van der Waals surface area contributed by atoms with Crippen LogP contribution in [-0.4, -0.2) is 116 Å². The first-order valence-electron chi connectivity index (χ1n) is 15.2.